The second kappa shape index (κ2) is 7.63. The van der Waals surface area contributed by atoms with Gasteiger partial charge in [-0.25, -0.2) is 5.43 Å². The molecule has 1 aliphatic rings. The number of fused-ring (bicyclic) bond motifs is 1. The zero-order valence-electron chi connectivity index (χ0n) is 14.2. The molecule has 27 heavy (non-hydrogen) atoms. The molecule has 5 nitrogen and oxygen atoms in total. The maximum atomic E-state index is 12.5. The molecule has 3 aromatic rings. The van der Waals surface area contributed by atoms with Gasteiger partial charge >= 0.3 is 0 Å². The summed E-state index contributed by atoms with van der Waals surface area (Å²) in [4.78, 5) is 12.5. The fraction of sp³-hybridized carbons (Fsp3) is 0.0476. The minimum Gasteiger partial charge on any atom is -0.454 e. The van der Waals surface area contributed by atoms with Gasteiger partial charge in [0.15, 0.2) is 11.5 Å². The average Bonchev–Trinajstić information content (AvgIpc) is 3.18. The van der Waals surface area contributed by atoms with Crippen molar-refractivity contribution in [2.24, 2.45) is 5.10 Å². The summed E-state index contributed by atoms with van der Waals surface area (Å²) in [7, 11) is 0. The van der Waals surface area contributed by atoms with Gasteiger partial charge in [0.2, 0.25) is 6.79 Å². The van der Waals surface area contributed by atoms with Crippen LogP contribution in [-0.4, -0.2) is 18.4 Å². The van der Waals surface area contributed by atoms with Crippen LogP contribution in [0.2, 0.25) is 0 Å². The van der Waals surface area contributed by atoms with Crippen LogP contribution >= 0.6 is 15.9 Å². The van der Waals surface area contributed by atoms with Gasteiger partial charge in [-0.2, -0.15) is 5.10 Å². The molecule has 0 aliphatic carbocycles. The van der Waals surface area contributed by atoms with Crippen LogP contribution in [0.25, 0.3) is 0 Å². The van der Waals surface area contributed by atoms with E-state index in [0.29, 0.717) is 22.8 Å². The zero-order chi connectivity index (χ0) is 18.6. The van der Waals surface area contributed by atoms with Crippen molar-refractivity contribution in [1.29, 1.82) is 0 Å². The molecule has 0 atom stereocenters. The number of halogens is 1. The van der Waals surface area contributed by atoms with Crippen LogP contribution in [-0.2, 0) is 0 Å². The van der Waals surface area contributed by atoms with E-state index in [2.05, 4.69) is 26.5 Å². The molecular formula is C21H15BrN2O3. The van der Waals surface area contributed by atoms with Crippen molar-refractivity contribution < 1.29 is 14.3 Å². The number of hydrazone groups is 1. The Balaban J connectivity index is 1.63. The highest BCUT2D eigenvalue weighted by Crippen LogP contribution is 2.32. The van der Waals surface area contributed by atoms with E-state index in [9.17, 15) is 4.79 Å². The molecule has 0 fully saturated rings. The first-order chi connectivity index (χ1) is 13.2. The van der Waals surface area contributed by atoms with Crippen LogP contribution in [0.1, 0.15) is 21.5 Å². The van der Waals surface area contributed by atoms with Gasteiger partial charge in [-0.3, -0.25) is 4.79 Å². The van der Waals surface area contributed by atoms with Crippen molar-refractivity contribution in [2.45, 2.75) is 0 Å². The molecule has 0 radical (unpaired) electrons. The van der Waals surface area contributed by atoms with E-state index in [1.54, 1.807) is 18.2 Å². The van der Waals surface area contributed by atoms with Gasteiger partial charge in [0.1, 0.15) is 0 Å². The lowest BCUT2D eigenvalue weighted by Gasteiger charge is -2.08. The van der Waals surface area contributed by atoms with Gasteiger partial charge in [0, 0.05) is 21.2 Å². The molecule has 0 unspecified atom stereocenters. The quantitative estimate of drug-likeness (QED) is 0.501. The molecule has 1 N–H and O–H groups in total. The second-order valence-corrected chi connectivity index (χ2v) is 6.76. The summed E-state index contributed by atoms with van der Waals surface area (Å²) in [6.45, 7) is 0.167. The average molecular weight is 423 g/mol. The Bertz CT molecular complexity index is 1000. The third-order valence-electron chi connectivity index (χ3n) is 4.07. The van der Waals surface area contributed by atoms with Gasteiger partial charge in [-0.05, 0) is 30.3 Å². The highest BCUT2D eigenvalue weighted by molar-refractivity contribution is 9.10. The van der Waals surface area contributed by atoms with Crippen molar-refractivity contribution in [3.63, 3.8) is 0 Å². The number of hydrogen-bond donors (Lipinski definition) is 1. The van der Waals surface area contributed by atoms with Gasteiger partial charge in [-0.15, -0.1) is 0 Å². The van der Waals surface area contributed by atoms with E-state index >= 15 is 0 Å². The molecule has 0 aromatic heterocycles. The largest absolute Gasteiger partial charge is 0.454 e. The molecular weight excluding hydrogens is 408 g/mol. The summed E-state index contributed by atoms with van der Waals surface area (Å²) in [6, 6.07) is 22.5. The van der Waals surface area contributed by atoms with Crippen LogP contribution in [0, 0.1) is 0 Å². The summed E-state index contributed by atoms with van der Waals surface area (Å²) in [5, 5.41) is 4.39. The maximum Gasteiger partial charge on any atom is 0.271 e. The summed E-state index contributed by atoms with van der Waals surface area (Å²) in [5.41, 5.74) is 5.58. The third-order valence-corrected chi connectivity index (χ3v) is 4.60. The second-order valence-electron chi connectivity index (χ2n) is 5.84. The Morgan fingerprint density at radius 3 is 2.30 bits per heavy atom. The van der Waals surface area contributed by atoms with E-state index in [-0.39, 0.29) is 12.7 Å². The summed E-state index contributed by atoms with van der Waals surface area (Å²) < 4.78 is 11.6. The van der Waals surface area contributed by atoms with Gasteiger partial charge in [-0.1, -0.05) is 58.4 Å². The van der Waals surface area contributed by atoms with E-state index in [4.69, 9.17) is 9.47 Å². The number of ether oxygens (including phenoxy) is 2. The molecule has 0 spiro atoms. The molecule has 6 heteroatoms. The number of amides is 1. The number of carbonyl (C=O) groups is 1. The zero-order valence-corrected chi connectivity index (χ0v) is 15.8. The molecule has 1 aliphatic heterocycles. The van der Waals surface area contributed by atoms with Crippen molar-refractivity contribution in [2.75, 3.05) is 6.79 Å². The highest BCUT2D eigenvalue weighted by Gasteiger charge is 2.16. The number of nitrogens with one attached hydrogen (secondary N) is 1. The van der Waals surface area contributed by atoms with Crippen LogP contribution in [0.15, 0.2) is 82.4 Å². The lowest BCUT2D eigenvalue weighted by Crippen LogP contribution is -2.20. The fourth-order valence-electron chi connectivity index (χ4n) is 2.71. The number of nitrogens with zero attached hydrogens (tertiary/aromatic N) is 1. The Morgan fingerprint density at radius 2 is 1.52 bits per heavy atom. The molecule has 0 bridgehead atoms. The van der Waals surface area contributed by atoms with Crippen molar-refractivity contribution in [3.05, 3.63) is 94.0 Å². The van der Waals surface area contributed by atoms with E-state index < -0.39 is 0 Å². The Morgan fingerprint density at radius 1 is 0.852 bits per heavy atom. The lowest BCUT2D eigenvalue weighted by atomic mass is 10.0. The standard InChI is InChI=1S/C21H15BrN2O3/c22-17-9-6-15(7-10-17)20(14-4-2-1-3-5-14)23-24-21(25)16-8-11-18-19(12-16)27-13-26-18/h1-12H,13H2,(H,24,25)/b23-20-. The fourth-order valence-corrected chi connectivity index (χ4v) is 2.97. The van der Waals surface area contributed by atoms with Crippen LogP contribution in [0.3, 0.4) is 0 Å². The van der Waals surface area contributed by atoms with Crippen LogP contribution < -0.4 is 14.9 Å². The number of carbonyl (C=O) groups excluding carboxylic acids is 1. The number of hydrogen-bond acceptors (Lipinski definition) is 4. The normalized spacial score (nSPS) is 12.7. The summed E-state index contributed by atoms with van der Waals surface area (Å²) >= 11 is 3.44. The Hall–Kier alpha value is -3.12. The maximum absolute atomic E-state index is 12.5. The van der Waals surface area contributed by atoms with Gasteiger partial charge < -0.3 is 9.47 Å². The van der Waals surface area contributed by atoms with Gasteiger partial charge in [0.25, 0.3) is 5.91 Å². The predicted octanol–water partition coefficient (Wildman–Crippen LogP) is 4.36. The molecule has 3 aromatic carbocycles. The number of benzene rings is 3. The van der Waals surface area contributed by atoms with Crippen LogP contribution in [0.4, 0.5) is 0 Å². The third kappa shape index (κ3) is 3.85. The SMILES string of the molecule is O=C(N/N=C(/c1ccccc1)c1ccc(Br)cc1)c1ccc2c(c1)OCO2. The van der Waals surface area contributed by atoms with Crippen molar-refractivity contribution in [3.8, 4) is 11.5 Å². The lowest BCUT2D eigenvalue weighted by molar-refractivity contribution is 0.0954. The first-order valence-electron chi connectivity index (χ1n) is 8.30. The van der Waals surface area contributed by atoms with Gasteiger partial charge in [0.05, 0.1) is 5.71 Å². The number of rotatable bonds is 4. The first kappa shape index (κ1) is 17.3. The molecule has 0 saturated carbocycles. The monoisotopic (exact) mass is 422 g/mol. The molecule has 1 amide bonds. The van der Waals surface area contributed by atoms with E-state index in [0.717, 1.165) is 15.6 Å². The molecule has 134 valence electrons. The Kier molecular flexibility index (Phi) is 4.89. The summed E-state index contributed by atoms with van der Waals surface area (Å²) in [5.74, 6) is 0.872. The minimum absolute atomic E-state index is 0.167. The molecule has 1 heterocycles. The van der Waals surface area contributed by atoms with Crippen molar-refractivity contribution >= 4 is 27.5 Å². The minimum atomic E-state index is -0.321. The van der Waals surface area contributed by atoms with Crippen molar-refractivity contribution in [1.82, 2.24) is 5.43 Å². The summed E-state index contributed by atoms with van der Waals surface area (Å²) in [6.07, 6.45) is 0. The van der Waals surface area contributed by atoms with Crippen LogP contribution in [0.5, 0.6) is 11.5 Å². The van der Waals surface area contributed by atoms with E-state index in [1.807, 2.05) is 54.6 Å². The molecule has 0 saturated heterocycles. The van der Waals surface area contributed by atoms with E-state index in [1.165, 1.54) is 0 Å². The topological polar surface area (TPSA) is 59.9 Å². The predicted molar refractivity (Wildman–Crippen MR) is 106 cm³/mol. The Labute approximate surface area is 164 Å². The highest BCUT2D eigenvalue weighted by atomic mass is 79.9. The smallest absolute Gasteiger partial charge is 0.271 e. The first-order valence-corrected chi connectivity index (χ1v) is 9.09. The molecule has 4 rings (SSSR count).